The molecule has 0 aromatic heterocycles. The first-order valence-electron chi connectivity index (χ1n) is 7.38. The molecule has 112 valence electrons. The SMILES string of the molecule is CCCNCC1(Cc2c(F)cccc2Cl)CCOCC1. The molecule has 1 N–H and O–H groups in total. The Hall–Kier alpha value is -0.640. The Morgan fingerprint density at radius 2 is 2.10 bits per heavy atom. The van der Waals surface area contributed by atoms with Crippen LogP contribution in [0.4, 0.5) is 4.39 Å². The van der Waals surface area contributed by atoms with Crippen LogP contribution >= 0.6 is 11.6 Å². The molecule has 0 unspecified atom stereocenters. The molecule has 0 amide bonds. The second kappa shape index (κ2) is 7.39. The minimum Gasteiger partial charge on any atom is -0.381 e. The molecule has 1 heterocycles. The van der Waals surface area contributed by atoms with Crippen molar-refractivity contribution >= 4 is 11.6 Å². The van der Waals surface area contributed by atoms with Crippen LogP contribution in [-0.4, -0.2) is 26.3 Å². The van der Waals surface area contributed by atoms with E-state index in [1.165, 1.54) is 6.07 Å². The molecule has 1 aliphatic rings. The lowest BCUT2D eigenvalue weighted by atomic mass is 9.75. The highest BCUT2D eigenvalue weighted by Gasteiger charge is 2.33. The number of rotatable bonds is 6. The van der Waals surface area contributed by atoms with Gasteiger partial charge in [-0.25, -0.2) is 4.39 Å². The normalized spacial score (nSPS) is 18.1. The molecule has 0 bridgehead atoms. The second-order valence-electron chi connectivity index (χ2n) is 5.67. The Kier molecular flexibility index (Phi) is 5.82. The van der Waals surface area contributed by atoms with Gasteiger partial charge < -0.3 is 10.1 Å². The minimum atomic E-state index is -0.196. The minimum absolute atomic E-state index is 0.0548. The zero-order valence-corrected chi connectivity index (χ0v) is 12.8. The number of ether oxygens (including phenoxy) is 1. The van der Waals surface area contributed by atoms with Crippen molar-refractivity contribution in [1.82, 2.24) is 5.32 Å². The topological polar surface area (TPSA) is 21.3 Å². The molecular formula is C16H23ClFNO. The quantitative estimate of drug-likeness (QED) is 0.806. The lowest BCUT2D eigenvalue weighted by Crippen LogP contribution is -2.41. The van der Waals surface area contributed by atoms with Crippen LogP contribution in [0.2, 0.25) is 5.02 Å². The third-order valence-electron chi connectivity index (χ3n) is 4.09. The summed E-state index contributed by atoms with van der Waals surface area (Å²) in [6, 6.07) is 4.92. The molecule has 1 aromatic carbocycles. The first-order chi connectivity index (χ1) is 9.67. The maximum Gasteiger partial charge on any atom is 0.127 e. The number of nitrogens with one attached hydrogen (secondary N) is 1. The molecule has 2 rings (SSSR count). The summed E-state index contributed by atoms with van der Waals surface area (Å²) in [6.45, 7) is 5.54. The number of benzene rings is 1. The second-order valence-corrected chi connectivity index (χ2v) is 6.07. The van der Waals surface area contributed by atoms with E-state index >= 15 is 0 Å². The van der Waals surface area contributed by atoms with Gasteiger partial charge in [-0.3, -0.25) is 0 Å². The van der Waals surface area contributed by atoms with Gasteiger partial charge in [-0.15, -0.1) is 0 Å². The predicted molar refractivity (Wildman–Crippen MR) is 80.8 cm³/mol. The van der Waals surface area contributed by atoms with Crippen molar-refractivity contribution in [2.24, 2.45) is 5.41 Å². The molecule has 1 fully saturated rings. The molecule has 0 saturated carbocycles. The summed E-state index contributed by atoms with van der Waals surface area (Å²) < 4.78 is 19.5. The fraction of sp³-hybridized carbons (Fsp3) is 0.625. The maximum atomic E-state index is 14.0. The number of hydrogen-bond acceptors (Lipinski definition) is 2. The lowest BCUT2D eigenvalue weighted by molar-refractivity contribution is 0.0146. The zero-order valence-electron chi connectivity index (χ0n) is 12.1. The van der Waals surface area contributed by atoms with E-state index in [-0.39, 0.29) is 11.2 Å². The summed E-state index contributed by atoms with van der Waals surface area (Å²) in [4.78, 5) is 0. The van der Waals surface area contributed by atoms with Crippen molar-refractivity contribution in [2.45, 2.75) is 32.6 Å². The van der Waals surface area contributed by atoms with Crippen LogP contribution in [0.15, 0.2) is 18.2 Å². The van der Waals surface area contributed by atoms with Crippen molar-refractivity contribution < 1.29 is 9.13 Å². The highest BCUT2D eigenvalue weighted by atomic mass is 35.5. The summed E-state index contributed by atoms with van der Waals surface area (Å²) in [5.41, 5.74) is 0.702. The summed E-state index contributed by atoms with van der Waals surface area (Å²) in [5, 5.41) is 4.02. The van der Waals surface area contributed by atoms with E-state index in [1.807, 2.05) is 0 Å². The first kappa shape index (κ1) is 15.7. The van der Waals surface area contributed by atoms with Crippen molar-refractivity contribution in [2.75, 3.05) is 26.3 Å². The average Bonchev–Trinajstić information content (AvgIpc) is 2.45. The molecule has 2 nitrogen and oxygen atoms in total. The molecule has 20 heavy (non-hydrogen) atoms. The Morgan fingerprint density at radius 3 is 2.75 bits per heavy atom. The zero-order chi connectivity index (χ0) is 14.4. The molecule has 0 radical (unpaired) electrons. The fourth-order valence-electron chi connectivity index (χ4n) is 2.83. The molecular weight excluding hydrogens is 277 g/mol. The van der Waals surface area contributed by atoms with Gasteiger partial charge in [0, 0.05) is 30.3 Å². The smallest absolute Gasteiger partial charge is 0.127 e. The van der Waals surface area contributed by atoms with Gasteiger partial charge in [0.25, 0.3) is 0 Å². The van der Waals surface area contributed by atoms with Crippen LogP contribution in [0.3, 0.4) is 0 Å². The summed E-state index contributed by atoms with van der Waals surface area (Å²) >= 11 is 6.18. The maximum absolute atomic E-state index is 14.0. The van der Waals surface area contributed by atoms with E-state index in [9.17, 15) is 4.39 Å². The van der Waals surface area contributed by atoms with Gasteiger partial charge in [0.2, 0.25) is 0 Å². The Bertz CT molecular complexity index is 412. The van der Waals surface area contributed by atoms with Crippen LogP contribution < -0.4 is 5.32 Å². The monoisotopic (exact) mass is 299 g/mol. The number of hydrogen-bond donors (Lipinski definition) is 1. The third-order valence-corrected chi connectivity index (χ3v) is 4.45. The highest BCUT2D eigenvalue weighted by molar-refractivity contribution is 6.31. The standard InChI is InChI=1S/C16H23ClFNO/c1-2-8-19-12-16(6-9-20-10-7-16)11-13-14(17)4-3-5-15(13)18/h3-5,19H,2,6-12H2,1H3. The van der Waals surface area contributed by atoms with Crippen LogP contribution in [-0.2, 0) is 11.2 Å². The van der Waals surface area contributed by atoms with Gasteiger partial charge in [0.1, 0.15) is 5.82 Å². The van der Waals surface area contributed by atoms with Crippen LogP contribution in [0, 0.1) is 11.2 Å². The summed E-state index contributed by atoms with van der Waals surface area (Å²) in [5.74, 6) is -0.196. The summed E-state index contributed by atoms with van der Waals surface area (Å²) in [6.07, 6.45) is 3.69. The van der Waals surface area contributed by atoms with E-state index < -0.39 is 0 Å². The van der Waals surface area contributed by atoms with Crippen molar-refractivity contribution in [3.05, 3.63) is 34.6 Å². The van der Waals surface area contributed by atoms with Crippen molar-refractivity contribution in [1.29, 1.82) is 0 Å². The Balaban J connectivity index is 2.14. The average molecular weight is 300 g/mol. The van der Waals surface area contributed by atoms with E-state index in [4.69, 9.17) is 16.3 Å². The van der Waals surface area contributed by atoms with Crippen molar-refractivity contribution in [3.8, 4) is 0 Å². The van der Waals surface area contributed by atoms with Gasteiger partial charge in [0.15, 0.2) is 0 Å². The predicted octanol–water partition coefficient (Wildman–Crippen LogP) is 3.82. The van der Waals surface area contributed by atoms with Crippen LogP contribution in [0.5, 0.6) is 0 Å². The van der Waals surface area contributed by atoms with Gasteiger partial charge in [0.05, 0.1) is 0 Å². The Morgan fingerprint density at radius 1 is 1.35 bits per heavy atom. The molecule has 1 aliphatic heterocycles. The highest BCUT2D eigenvalue weighted by Crippen LogP contribution is 2.36. The molecule has 0 atom stereocenters. The van der Waals surface area contributed by atoms with Gasteiger partial charge in [-0.1, -0.05) is 24.6 Å². The molecule has 0 spiro atoms. The molecule has 0 aliphatic carbocycles. The van der Waals surface area contributed by atoms with E-state index in [2.05, 4.69) is 12.2 Å². The van der Waals surface area contributed by atoms with Crippen LogP contribution in [0.25, 0.3) is 0 Å². The van der Waals surface area contributed by atoms with Gasteiger partial charge in [-0.2, -0.15) is 0 Å². The molecule has 1 saturated heterocycles. The van der Waals surface area contributed by atoms with E-state index in [0.717, 1.165) is 45.6 Å². The molecule has 4 heteroatoms. The van der Waals surface area contributed by atoms with E-state index in [1.54, 1.807) is 12.1 Å². The van der Waals surface area contributed by atoms with Crippen molar-refractivity contribution in [3.63, 3.8) is 0 Å². The first-order valence-corrected chi connectivity index (χ1v) is 7.76. The van der Waals surface area contributed by atoms with Gasteiger partial charge in [-0.05, 0) is 49.8 Å². The van der Waals surface area contributed by atoms with Gasteiger partial charge >= 0.3 is 0 Å². The third kappa shape index (κ3) is 3.94. The van der Waals surface area contributed by atoms with E-state index in [0.29, 0.717) is 17.0 Å². The fourth-order valence-corrected chi connectivity index (χ4v) is 3.06. The summed E-state index contributed by atoms with van der Waals surface area (Å²) in [7, 11) is 0. The Labute approximate surface area is 125 Å². The number of halogens is 2. The molecule has 1 aromatic rings. The lowest BCUT2D eigenvalue weighted by Gasteiger charge is -2.38. The van der Waals surface area contributed by atoms with Crippen LogP contribution in [0.1, 0.15) is 31.7 Å². The largest absolute Gasteiger partial charge is 0.381 e.